The van der Waals surface area contributed by atoms with Gasteiger partial charge in [0.15, 0.2) is 0 Å². The zero-order chi connectivity index (χ0) is 35.2. The van der Waals surface area contributed by atoms with E-state index >= 15 is 0 Å². The zero-order valence-corrected chi connectivity index (χ0v) is 31.2. The number of fused-ring (bicyclic) bond motifs is 9. The van der Waals surface area contributed by atoms with E-state index in [0.717, 1.165) is 6.42 Å². The zero-order valence-electron chi connectivity index (χ0n) is 29.5. The highest BCUT2D eigenvalue weighted by atomic mass is 32.1. The molecule has 1 aliphatic carbocycles. The SMILES string of the molecule is Cc1ccc(-c2cccc3c2sc2c(-c4ccc5c(c4)-c4cc(-c6cccc7c6sc6c(-c8ccc(C)cc8)cccc67)ccc4C5)cccc23)cc1. The normalized spacial score (nSPS) is 12.3. The van der Waals surface area contributed by atoms with Gasteiger partial charge < -0.3 is 0 Å². The molecule has 0 bridgehead atoms. The number of aryl methyl sites for hydroxylation is 2. The molecule has 0 fully saturated rings. The van der Waals surface area contributed by atoms with Crippen LogP contribution in [0.25, 0.3) is 96.0 Å². The van der Waals surface area contributed by atoms with Crippen LogP contribution in [0.4, 0.5) is 0 Å². The Hall–Kier alpha value is -5.80. The Morgan fingerprint density at radius 3 is 1.00 bits per heavy atom. The topological polar surface area (TPSA) is 0 Å². The van der Waals surface area contributed by atoms with Crippen molar-refractivity contribution in [1.82, 2.24) is 0 Å². The molecule has 10 aromatic rings. The van der Waals surface area contributed by atoms with Gasteiger partial charge >= 0.3 is 0 Å². The number of hydrogen-bond donors (Lipinski definition) is 0. The fourth-order valence-corrected chi connectivity index (χ4v) is 11.3. The van der Waals surface area contributed by atoms with Crippen LogP contribution in [0.3, 0.4) is 0 Å². The minimum absolute atomic E-state index is 0.977. The van der Waals surface area contributed by atoms with E-state index in [9.17, 15) is 0 Å². The first-order chi connectivity index (χ1) is 26.1. The van der Waals surface area contributed by atoms with E-state index < -0.39 is 0 Å². The van der Waals surface area contributed by atoms with Gasteiger partial charge in [-0.2, -0.15) is 0 Å². The van der Waals surface area contributed by atoms with Gasteiger partial charge in [-0.05, 0) is 99.2 Å². The molecule has 2 aromatic heterocycles. The summed E-state index contributed by atoms with van der Waals surface area (Å²) < 4.78 is 5.43. The van der Waals surface area contributed by atoms with Gasteiger partial charge in [0.1, 0.15) is 0 Å². The molecule has 8 aromatic carbocycles. The summed E-state index contributed by atoms with van der Waals surface area (Å²) in [6.45, 7) is 4.30. The molecule has 1 aliphatic rings. The molecule has 250 valence electrons. The molecule has 0 aliphatic heterocycles. The molecule has 0 saturated heterocycles. The van der Waals surface area contributed by atoms with Crippen LogP contribution in [0, 0.1) is 13.8 Å². The van der Waals surface area contributed by atoms with Gasteiger partial charge in [-0.15, -0.1) is 22.7 Å². The lowest BCUT2D eigenvalue weighted by Crippen LogP contribution is -1.84. The largest absolute Gasteiger partial charge is 0.134 e. The van der Waals surface area contributed by atoms with Crippen LogP contribution < -0.4 is 0 Å². The van der Waals surface area contributed by atoms with Crippen LogP contribution in [0.1, 0.15) is 22.3 Å². The fourth-order valence-electron chi connectivity index (χ4n) is 8.52. The van der Waals surface area contributed by atoms with E-state index in [0.29, 0.717) is 0 Å². The molecule has 2 heteroatoms. The Labute approximate surface area is 317 Å². The van der Waals surface area contributed by atoms with Gasteiger partial charge in [0.05, 0.1) is 0 Å². The quantitative estimate of drug-likeness (QED) is 0.171. The second kappa shape index (κ2) is 11.9. The number of benzene rings is 8. The minimum Gasteiger partial charge on any atom is -0.134 e. The molecular formula is C51H34S2. The molecule has 0 N–H and O–H groups in total. The van der Waals surface area contributed by atoms with Crippen molar-refractivity contribution in [2.24, 2.45) is 0 Å². The lowest BCUT2D eigenvalue weighted by Gasteiger charge is -2.10. The Bertz CT molecular complexity index is 2870. The maximum atomic E-state index is 2.46. The smallest absolute Gasteiger partial charge is 0.0434 e. The average molecular weight is 711 g/mol. The number of thiophene rings is 2. The lowest BCUT2D eigenvalue weighted by molar-refractivity contribution is 1.26. The molecule has 0 radical (unpaired) electrons. The highest BCUT2D eigenvalue weighted by molar-refractivity contribution is 7.27. The predicted octanol–water partition coefficient (Wildman–Crippen LogP) is 15.3. The summed E-state index contributed by atoms with van der Waals surface area (Å²) in [5, 5.41) is 5.34. The fraction of sp³-hybridized carbons (Fsp3) is 0.0588. The molecule has 0 unspecified atom stereocenters. The first-order valence-electron chi connectivity index (χ1n) is 18.4. The van der Waals surface area contributed by atoms with Crippen molar-refractivity contribution in [2.75, 3.05) is 0 Å². The first kappa shape index (κ1) is 30.8. The average Bonchev–Trinajstić information content (AvgIpc) is 3.89. The predicted molar refractivity (Wildman–Crippen MR) is 232 cm³/mol. The molecular weight excluding hydrogens is 677 g/mol. The third kappa shape index (κ3) is 4.87. The van der Waals surface area contributed by atoms with Crippen molar-refractivity contribution < 1.29 is 0 Å². The first-order valence-corrected chi connectivity index (χ1v) is 20.0. The van der Waals surface area contributed by atoms with Gasteiger partial charge in [0, 0.05) is 40.3 Å². The molecule has 0 atom stereocenters. The van der Waals surface area contributed by atoms with Crippen molar-refractivity contribution in [3.8, 4) is 55.6 Å². The standard InChI is InChI=1S/C51H34S2/c1-30-15-19-32(20-16-30)38-7-3-11-42-44-13-5-9-40(50(44)52-48(38)42)36-25-23-34-27-35-24-26-37(29-47(35)46(34)28-36)41-10-6-14-45-43-12-4-8-39(49(43)53-51(41)45)33-21-17-31(2)18-22-33/h3-26,28-29H,27H2,1-2H3. The van der Waals surface area contributed by atoms with Crippen LogP contribution in [-0.2, 0) is 6.42 Å². The maximum Gasteiger partial charge on any atom is 0.0434 e. The summed E-state index contributed by atoms with van der Waals surface area (Å²) >= 11 is 3.86. The molecule has 11 rings (SSSR count). The summed E-state index contributed by atoms with van der Waals surface area (Å²) in [5.41, 5.74) is 18.5. The lowest BCUT2D eigenvalue weighted by atomic mass is 9.95. The second-order valence-corrected chi connectivity index (χ2v) is 16.6. The molecule has 2 heterocycles. The third-order valence-electron chi connectivity index (χ3n) is 11.3. The van der Waals surface area contributed by atoms with Gasteiger partial charge in [-0.3, -0.25) is 0 Å². The van der Waals surface area contributed by atoms with Crippen molar-refractivity contribution >= 4 is 63.0 Å². The maximum absolute atomic E-state index is 2.46. The van der Waals surface area contributed by atoms with Crippen LogP contribution >= 0.6 is 22.7 Å². The third-order valence-corrected chi connectivity index (χ3v) is 13.9. The van der Waals surface area contributed by atoms with Crippen molar-refractivity contribution in [2.45, 2.75) is 20.3 Å². The Morgan fingerprint density at radius 1 is 0.321 bits per heavy atom. The molecule has 0 nitrogen and oxygen atoms in total. The van der Waals surface area contributed by atoms with E-state index in [2.05, 4.69) is 172 Å². The number of rotatable bonds is 4. The van der Waals surface area contributed by atoms with Crippen molar-refractivity contribution in [3.63, 3.8) is 0 Å². The van der Waals surface area contributed by atoms with Crippen molar-refractivity contribution in [1.29, 1.82) is 0 Å². The highest BCUT2D eigenvalue weighted by Crippen LogP contribution is 2.48. The van der Waals surface area contributed by atoms with Crippen molar-refractivity contribution in [3.05, 3.63) is 180 Å². The summed E-state index contributed by atoms with van der Waals surface area (Å²) in [6.07, 6.45) is 0.977. The van der Waals surface area contributed by atoms with Crippen LogP contribution in [0.5, 0.6) is 0 Å². The van der Waals surface area contributed by atoms with E-state index in [1.807, 2.05) is 22.7 Å². The van der Waals surface area contributed by atoms with Crippen LogP contribution in [0.2, 0.25) is 0 Å². The van der Waals surface area contributed by atoms with Crippen LogP contribution in [0.15, 0.2) is 158 Å². The van der Waals surface area contributed by atoms with Gasteiger partial charge in [-0.25, -0.2) is 0 Å². The van der Waals surface area contributed by atoms with Crippen LogP contribution in [-0.4, -0.2) is 0 Å². The Morgan fingerprint density at radius 2 is 0.642 bits per heavy atom. The molecule has 53 heavy (non-hydrogen) atoms. The second-order valence-electron chi connectivity index (χ2n) is 14.6. The minimum atomic E-state index is 0.977. The van der Waals surface area contributed by atoms with E-state index in [-0.39, 0.29) is 0 Å². The molecule has 0 spiro atoms. The number of hydrogen-bond acceptors (Lipinski definition) is 2. The summed E-state index contributed by atoms with van der Waals surface area (Å²) in [4.78, 5) is 0. The Balaban J connectivity index is 1.03. The van der Waals surface area contributed by atoms with Gasteiger partial charge in [-0.1, -0.05) is 157 Å². The highest BCUT2D eigenvalue weighted by Gasteiger charge is 2.22. The summed E-state index contributed by atoms with van der Waals surface area (Å²) in [6, 6.07) is 59.4. The monoisotopic (exact) mass is 710 g/mol. The van der Waals surface area contributed by atoms with Gasteiger partial charge in [0.2, 0.25) is 0 Å². The van der Waals surface area contributed by atoms with Gasteiger partial charge in [0.25, 0.3) is 0 Å². The molecule has 0 amide bonds. The van der Waals surface area contributed by atoms with E-state index in [1.165, 1.54) is 118 Å². The van der Waals surface area contributed by atoms with E-state index in [1.54, 1.807) is 0 Å². The Kier molecular flexibility index (Phi) is 6.89. The summed E-state index contributed by atoms with van der Waals surface area (Å²) in [7, 11) is 0. The summed E-state index contributed by atoms with van der Waals surface area (Å²) in [5.74, 6) is 0. The molecule has 0 saturated carbocycles. The van der Waals surface area contributed by atoms with E-state index in [4.69, 9.17) is 0 Å².